The molecule has 0 aliphatic heterocycles. The van der Waals surface area contributed by atoms with Crippen LogP contribution >= 0.6 is 0 Å². The number of rotatable bonds is 8. The predicted molar refractivity (Wildman–Crippen MR) is 76.4 cm³/mol. The van der Waals surface area contributed by atoms with Gasteiger partial charge in [-0.3, -0.25) is 4.68 Å². The van der Waals surface area contributed by atoms with Crippen molar-refractivity contribution in [2.24, 2.45) is 5.92 Å². The van der Waals surface area contributed by atoms with Crippen LogP contribution in [0.25, 0.3) is 0 Å². The van der Waals surface area contributed by atoms with E-state index in [-0.39, 0.29) is 5.92 Å². The molecule has 0 fully saturated rings. The van der Waals surface area contributed by atoms with Crippen LogP contribution in [0.3, 0.4) is 0 Å². The van der Waals surface area contributed by atoms with E-state index in [1.54, 1.807) is 13.3 Å². The van der Waals surface area contributed by atoms with Gasteiger partial charge in [0.25, 0.3) is 0 Å². The maximum atomic E-state index is 10.5. The Balaban J connectivity index is 2.91. The molecule has 0 saturated heterocycles. The summed E-state index contributed by atoms with van der Waals surface area (Å²) in [7, 11) is 5.67. The van der Waals surface area contributed by atoms with E-state index < -0.39 is 6.10 Å². The van der Waals surface area contributed by atoms with Gasteiger partial charge in [-0.25, -0.2) is 0 Å². The van der Waals surface area contributed by atoms with Crippen LogP contribution in [0.4, 0.5) is 0 Å². The Hall–Kier alpha value is -1.07. The summed E-state index contributed by atoms with van der Waals surface area (Å²) in [6.07, 6.45) is 3.21. The Morgan fingerprint density at radius 3 is 2.68 bits per heavy atom. The normalized spacial score (nSPS) is 14.7. The molecule has 0 saturated carbocycles. The molecule has 5 heteroatoms. The summed E-state index contributed by atoms with van der Waals surface area (Å²) in [6, 6.07) is 0. The van der Waals surface area contributed by atoms with Crippen molar-refractivity contribution < 1.29 is 9.84 Å². The smallest absolute Gasteiger partial charge is 0.162 e. The van der Waals surface area contributed by atoms with Crippen molar-refractivity contribution in [2.45, 2.75) is 39.3 Å². The summed E-state index contributed by atoms with van der Waals surface area (Å²) >= 11 is 0. The highest BCUT2D eigenvalue weighted by Gasteiger charge is 2.24. The minimum absolute atomic E-state index is 0.203. The Morgan fingerprint density at radius 2 is 2.16 bits per heavy atom. The van der Waals surface area contributed by atoms with Gasteiger partial charge in [-0.1, -0.05) is 20.3 Å². The Kier molecular flexibility index (Phi) is 6.31. The minimum atomic E-state index is -0.528. The molecule has 0 radical (unpaired) electrons. The molecule has 1 rings (SSSR count). The molecule has 0 amide bonds. The summed E-state index contributed by atoms with van der Waals surface area (Å²) in [4.78, 5) is 2.10. The molecule has 1 N–H and O–H groups in total. The second kappa shape index (κ2) is 7.50. The fourth-order valence-corrected chi connectivity index (χ4v) is 2.19. The highest BCUT2D eigenvalue weighted by Crippen LogP contribution is 2.31. The molecule has 19 heavy (non-hydrogen) atoms. The molecular weight excluding hydrogens is 242 g/mol. The standard InChI is InChI=1S/C14H27N3O2/c1-6-7-11(2)14(18)13-12(19-5)10-15-17(13)9-8-16(3)4/h10-11,14,18H,6-9H2,1-5H3. The van der Waals surface area contributed by atoms with E-state index in [0.717, 1.165) is 31.6 Å². The summed E-state index contributed by atoms with van der Waals surface area (Å²) < 4.78 is 7.18. The maximum absolute atomic E-state index is 10.5. The lowest BCUT2D eigenvalue weighted by molar-refractivity contribution is 0.0991. The SMILES string of the molecule is CCCC(C)C(O)c1c(OC)cnn1CCN(C)C. The molecule has 2 unspecified atom stereocenters. The van der Waals surface area contributed by atoms with Gasteiger partial charge in [-0.2, -0.15) is 5.10 Å². The molecule has 1 aromatic heterocycles. The van der Waals surface area contributed by atoms with Crippen LogP contribution in [-0.2, 0) is 6.54 Å². The fraction of sp³-hybridized carbons (Fsp3) is 0.786. The van der Waals surface area contributed by atoms with Crippen molar-refractivity contribution in [1.82, 2.24) is 14.7 Å². The van der Waals surface area contributed by atoms with Crippen molar-refractivity contribution in [2.75, 3.05) is 27.7 Å². The summed E-state index contributed by atoms with van der Waals surface area (Å²) in [5.41, 5.74) is 0.797. The molecule has 0 spiro atoms. The van der Waals surface area contributed by atoms with Crippen molar-refractivity contribution in [3.05, 3.63) is 11.9 Å². The Morgan fingerprint density at radius 1 is 1.47 bits per heavy atom. The number of ether oxygens (including phenoxy) is 1. The quantitative estimate of drug-likeness (QED) is 0.783. The number of hydrogen-bond donors (Lipinski definition) is 1. The number of aliphatic hydroxyl groups is 1. The van der Waals surface area contributed by atoms with Crippen molar-refractivity contribution in [3.8, 4) is 5.75 Å². The molecule has 0 aromatic carbocycles. The van der Waals surface area contributed by atoms with Gasteiger partial charge in [0.2, 0.25) is 0 Å². The number of aliphatic hydroxyl groups excluding tert-OH is 1. The van der Waals surface area contributed by atoms with Gasteiger partial charge >= 0.3 is 0 Å². The number of hydrogen-bond acceptors (Lipinski definition) is 4. The average Bonchev–Trinajstić information content (AvgIpc) is 2.78. The first-order valence-electron chi connectivity index (χ1n) is 6.93. The van der Waals surface area contributed by atoms with E-state index in [2.05, 4.69) is 23.8 Å². The van der Waals surface area contributed by atoms with Crippen molar-refractivity contribution in [1.29, 1.82) is 0 Å². The molecule has 1 heterocycles. The molecule has 5 nitrogen and oxygen atoms in total. The lowest BCUT2D eigenvalue weighted by Gasteiger charge is -2.21. The van der Waals surface area contributed by atoms with Gasteiger partial charge in [0.15, 0.2) is 5.75 Å². The zero-order valence-electron chi connectivity index (χ0n) is 12.8. The van der Waals surface area contributed by atoms with E-state index in [9.17, 15) is 5.11 Å². The van der Waals surface area contributed by atoms with Crippen LogP contribution in [0.2, 0.25) is 0 Å². The molecular formula is C14H27N3O2. The molecule has 0 aliphatic rings. The zero-order valence-corrected chi connectivity index (χ0v) is 12.8. The Bertz CT molecular complexity index is 377. The summed E-state index contributed by atoms with van der Waals surface area (Å²) in [5, 5.41) is 14.8. The average molecular weight is 269 g/mol. The first-order valence-corrected chi connectivity index (χ1v) is 6.93. The van der Waals surface area contributed by atoms with E-state index in [4.69, 9.17) is 4.74 Å². The van der Waals surface area contributed by atoms with Crippen LogP contribution in [-0.4, -0.2) is 47.5 Å². The number of likely N-dealkylation sites (N-methyl/N-ethyl adjacent to an activating group) is 1. The fourth-order valence-electron chi connectivity index (χ4n) is 2.19. The number of aromatic nitrogens is 2. The first kappa shape index (κ1) is 16.0. The Labute approximate surface area is 116 Å². The lowest BCUT2D eigenvalue weighted by atomic mass is 9.96. The van der Waals surface area contributed by atoms with Crippen molar-refractivity contribution >= 4 is 0 Å². The van der Waals surface area contributed by atoms with E-state index in [1.807, 2.05) is 18.8 Å². The third-order valence-corrected chi connectivity index (χ3v) is 3.39. The highest BCUT2D eigenvalue weighted by molar-refractivity contribution is 5.27. The van der Waals surface area contributed by atoms with Crippen LogP contribution in [0.5, 0.6) is 5.75 Å². The first-order chi connectivity index (χ1) is 9.01. The topological polar surface area (TPSA) is 50.5 Å². The van der Waals surface area contributed by atoms with Crippen LogP contribution in [0.1, 0.15) is 38.5 Å². The van der Waals surface area contributed by atoms with E-state index in [1.165, 1.54) is 0 Å². The maximum Gasteiger partial charge on any atom is 0.162 e. The predicted octanol–water partition coefficient (Wildman–Crippen LogP) is 1.92. The second-order valence-electron chi connectivity index (χ2n) is 5.34. The van der Waals surface area contributed by atoms with Crippen LogP contribution in [0, 0.1) is 5.92 Å². The van der Waals surface area contributed by atoms with Gasteiger partial charge in [-0.05, 0) is 26.4 Å². The third kappa shape index (κ3) is 4.21. The zero-order chi connectivity index (χ0) is 14.4. The van der Waals surface area contributed by atoms with Gasteiger partial charge < -0.3 is 14.7 Å². The monoisotopic (exact) mass is 269 g/mol. The highest BCUT2D eigenvalue weighted by atomic mass is 16.5. The van der Waals surface area contributed by atoms with Gasteiger partial charge in [0.05, 0.1) is 19.9 Å². The summed E-state index contributed by atoms with van der Waals surface area (Å²) in [6.45, 7) is 5.83. The third-order valence-electron chi connectivity index (χ3n) is 3.39. The number of nitrogens with zero attached hydrogens (tertiary/aromatic N) is 3. The van der Waals surface area contributed by atoms with E-state index >= 15 is 0 Å². The lowest BCUT2D eigenvalue weighted by Crippen LogP contribution is -2.22. The van der Waals surface area contributed by atoms with Crippen LogP contribution in [0.15, 0.2) is 6.20 Å². The van der Waals surface area contributed by atoms with Crippen LogP contribution < -0.4 is 4.74 Å². The van der Waals surface area contributed by atoms with Gasteiger partial charge in [-0.15, -0.1) is 0 Å². The largest absolute Gasteiger partial charge is 0.493 e. The van der Waals surface area contributed by atoms with Gasteiger partial charge in [0, 0.05) is 6.54 Å². The van der Waals surface area contributed by atoms with Crippen molar-refractivity contribution in [3.63, 3.8) is 0 Å². The van der Waals surface area contributed by atoms with Gasteiger partial charge in [0.1, 0.15) is 11.8 Å². The molecule has 0 bridgehead atoms. The molecule has 110 valence electrons. The molecule has 0 aliphatic carbocycles. The molecule has 2 atom stereocenters. The molecule has 1 aromatic rings. The minimum Gasteiger partial charge on any atom is -0.493 e. The van der Waals surface area contributed by atoms with E-state index in [0.29, 0.717) is 5.75 Å². The number of methoxy groups -OCH3 is 1. The second-order valence-corrected chi connectivity index (χ2v) is 5.34. The summed E-state index contributed by atoms with van der Waals surface area (Å²) in [5.74, 6) is 0.878.